The van der Waals surface area contributed by atoms with Gasteiger partial charge in [0, 0.05) is 12.0 Å². The summed E-state index contributed by atoms with van der Waals surface area (Å²) < 4.78 is 19.0. The number of hydrogen-bond acceptors (Lipinski definition) is 4. The molecule has 5 aromatic rings. The van der Waals surface area contributed by atoms with Crippen molar-refractivity contribution in [3.8, 4) is 17.2 Å². The molecule has 0 aliphatic heterocycles. The van der Waals surface area contributed by atoms with E-state index in [1.165, 1.54) is 10.9 Å². The predicted octanol–water partition coefficient (Wildman–Crippen LogP) is 6.44. The number of aromatic nitrogens is 2. The van der Waals surface area contributed by atoms with Crippen LogP contribution in [-0.2, 0) is 6.54 Å². The smallest absolute Gasteiger partial charge is 0.123 e. The summed E-state index contributed by atoms with van der Waals surface area (Å²) in [6.07, 6.45) is 0. The van der Waals surface area contributed by atoms with Crippen molar-refractivity contribution in [2.75, 3.05) is 20.8 Å². The molecule has 0 aliphatic carbocycles. The average molecular weight is 453 g/mol. The summed E-state index contributed by atoms with van der Waals surface area (Å²) in [4.78, 5) is 5.02. The third-order valence-corrected chi connectivity index (χ3v) is 6.27. The zero-order chi connectivity index (χ0) is 23.5. The van der Waals surface area contributed by atoms with E-state index in [9.17, 15) is 0 Å². The van der Waals surface area contributed by atoms with Crippen molar-refractivity contribution >= 4 is 21.8 Å². The number of para-hydroxylation sites is 2. The molecule has 5 nitrogen and oxygen atoms in total. The van der Waals surface area contributed by atoms with Crippen LogP contribution in [0.25, 0.3) is 21.8 Å². The Labute approximate surface area is 199 Å². The van der Waals surface area contributed by atoms with Gasteiger partial charge < -0.3 is 18.8 Å². The summed E-state index contributed by atoms with van der Waals surface area (Å²) >= 11 is 0. The number of hydrogen-bond donors (Lipinski definition) is 0. The first kappa shape index (κ1) is 21.8. The Morgan fingerprint density at radius 2 is 1.50 bits per heavy atom. The topological polar surface area (TPSA) is 45.5 Å². The van der Waals surface area contributed by atoms with Crippen LogP contribution in [0.2, 0.25) is 0 Å². The van der Waals surface area contributed by atoms with E-state index in [2.05, 4.69) is 60.0 Å². The van der Waals surface area contributed by atoms with E-state index in [0.29, 0.717) is 13.2 Å². The van der Waals surface area contributed by atoms with Crippen molar-refractivity contribution in [1.29, 1.82) is 0 Å². The second-order valence-corrected chi connectivity index (χ2v) is 8.33. The fourth-order valence-corrected chi connectivity index (χ4v) is 4.39. The molecule has 0 N–H and O–H groups in total. The molecule has 1 unspecified atom stereocenters. The lowest BCUT2D eigenvalue weighted by atomic mass is 9.97. The minimum atomic E-state index is 0.121. The molecule has 5 heteroatoms. The van der Waals surface area contributed by atoms with Crippen molar-refractivity contribution < 1.29 is 14.2 Å². The second kappa shape index (κ2) is 9.48. The molecule has 4 aromatic carbocycles. The molecule has 0 aliphatic rings. The van der Waals surface area contributed by atoms with Gasteiger partial charge in [-0.15, -0.1) is 0 Å². The monoisotopic (exact) mass is 452 g/mol. The van der Waals surface area contributed by atoms with Crippen LogP contribution in [0.1, 0.15) is 24.2 Å². The Bertz CT molecular complexity index is 1440. The summed E-state index contributed by atoms with van der Waals surface area (Å²) in [6, 6.07) is 28.7. The third-order valence-electron chi connectivity index (χ3n) is 6.27. The molecule has 5 rings (SSSR count). The van der Waals surface area contributed by atoms with Gasteiger partial charge in [-0.25, -0.2) is 4.98 Å². The van der Waals surface area contributed by atoms with Gasteiger partial charge in [-0.3, -0.25) is 0 Å². The molecule has 0 fully saturated rings. The third kappa shape index (κ3) is 4.29. The van der Waals surface area contributed by atoms with Gasteiger partial charge in [0.25, 0.3) is 0 Å². The van der Waals surface area contributed by atoms with Crippen LogP contribution in [0, 0.1) is 0 Å². The van der Waals surface area contributed by atoms with E-state index in [-0.39, 0.29) is 5.92 Å². The van der Waals surface area contributed by atoms with Gasteiger partial charge in [0.05, 0.1) is 31.8 Å². The lowest BCUT2D eigenvalue weighted by molar-refractivity contribution is 0.296. The van der Waals surface area contributed by atoms with Gasteiger partial charge in [-0.1, -0.05) is 49.4 Å². The fourth-order valence-electron chi connectivity index (χ4n) is 4.39. The Morgan fingerprint density at radius 1 is 0.765 bits per heavy atom. The van der Waals surface area contributed by atoms with Gasteiger partial charge >= 0.3 is 0 Å². The highest BCUT2D eigenvalue weighted by Crippen LogP contribution is 2.30. The molecule has 1 aromatic heterocycles. The summed E-state index contributed by atoms with van der Waals surface area (Å²) in [5.41, 5.74) is 3.34. The summed E-state index contributed by atoms with van der Waals surface area (Å²) in [6.45, 7) is 3.44. The molecule has 0 saturated carbocycles. The lowest BCUT2D eigenvalue weighted by Gasteiger charge is -2.16. The van der Waals surface area contributed by atoms with E-state index >= 15 is 0 Å². The van der Waals surface area contributed by atoms with Gasteiger partial charge in [0.1, 0.15) is 29.7 Å². The van der Waals surface area contributed by atoms with Crippen molar-refractivity contribution in [1.82, 2.24) is 9.55 Å². The van der Waals surface area contributed by atoms with Crippen LogP contribution in [0.4, 0.5) is 0 Å². The SMILES string of the molecule is COc1cccc(OCCn2c(C(C)c3ccc4cc(OC)ccc4c3)nc3ccccc32)c1. The molecular formula is C29H28N2O3. The van der Waals surface area contributed by atoms with E-state index in [0.717, 1.165) is 39.5 Å². The minimum absolute atomic E-state index is 0.121. The quantitative estimate of drug-likeness (QED) is 0.272. The zero-order valence-corrected chi connectivity index (χ0v) is 19.7. The maximum Gasteiger partial charge on any atom is 0.123 e. The highest BCUT2D eigenvalue weighted by Gasteiger charge is 2.18. The van der Waals surface area contributed by atoms with E-state index in [1.807, 2.05) is 36.4 Å². The first-order valence-electron chi connectivity index (χ1n) is 11.5. The van der Waals surface area contributed by atoms with E-state index < -0.39 is 0 Å². The largest absolute Gasteiger partial charge is 0.497 e. The van der Waals surface area contributed by atoms with Crippen LogP contribution in [0.5, 0.6) is 17.2 Å². The Morgan fingerprint density at radius 3 is 2.35 bits per heavy atom. The maximum absolute atomic E-state index is 6.05. The molecule has 172 valence electrons. The highest BCUT2D eigenvalue weighted by molar-refractivity contribution is 5.85. The van der Waals surface area contributed by atoms with E-state index in [1.54, 1.807) is 14.2 Å². The summed E-state index contributed by atoms with van der Waals surface area (Å²) in [5.74, 6) is 3.60. The normalized spacial score (nSPS) is 12.1. The molecule has 34 heavy (non-hydrogen) atoms. The molecule has 1 heterocycles. The van der Waals surface area contributed by atoms with Crippen LogP contribution in [0.15, 0.2) is 84.9 Å². The van der Waals surface area contributed by atoms with Crippen LogP contribution >= 0.6 is 0 Å². The molecule has 1 atom stereocenters. The first-order chi connectivity index (χ1) is 16.7. The summed E-state index contributed by atoms with van der Waals surface area (Å²) in [5, 5.41) is 2.35. The second-order valence-electron chi connectivity index (χ2n) is 8.33. The number of ether oxygens (including phenoxy) is 3. The van der Waals surface area contributed by atoms with Gasteiger partial charge in [-0.05, 0) is 52.7 Å². The van der Waals surface area contributed by atoms with E-state index in [4.69, 9.17) is 19.2 Å². The van der Waals surface area contributed by atoms with Crippen LogP contribution in [-0.4, -0.2) is 30.4 Å². The number of nitrogens with zero attached hydrogens (tertiary/aromatic N) is 2. The molecule has 0 bridgehead atoms. The minimum Gasteiger partial charge on any atom is -0.497 e. The molecular weight excluding hydrogens is 424 g/mol. The van der Waals surface area contributed by atoms with Gasteiger partial charge in [-0.2, -0.15) is 0 Å². The number of methoxy groups -OCH3 is 2. The van der Waals surface area contributed by atoms with Crippen molar-refractivity contribution in [3.05, 3.63) is 96.3 Å². The van der Waals surface area contributed by atoms with Crippen LogP contribution in [0.3, 0.4) is 0 Å². The van der Waals surface area contributed by atoms with Crippen molar-refractivity contribution in [2.45, 2.75) is 19.4 Å². The van der Waals surface area contributed by atoms with Crippen LogP contribution < -0.4 is 14.2 Å². The van der Waals surface area contributed by atoms with Crippen molar-refractivity contribution in [2.24, 2.45) is 0 Å². The Balaban J connectivity index is 1.44. The van der Waals surface area contributed by atoms with Gasteiger partial charge in [0.2, 0.25) is 0 Å². The van der Waals surface area contributed by atoms with Gasteiger partial charge in [0.15, 0.2) is 0 Å². The maximum atomic E-state index is 6.05. The first-order valence-corrected chi connectivity index (χ1v) is 11.5. The lowest BCUT2D eigenvalue weighted by Crippen LogP contribution is -2.13. The predicted molar refractivity (Wildman–Crippen MR) is 136 cm³/mol. The fraction of sp³-hybridized carbons (Fsp3) is 0.207. The highest BCUT2D eigenvalue weighted by atomic mass is 16.5. The number of rotatable bonds is 8. The average Bonchev–Trinajstić information content (AvgIpc) is 3.26. The Hall–Kier alpha value is -3.99. The summed E-state index contributed by atoms with van der Waals surface area (Å²) in [7, 11) is 3.35. The molecule has 0 spiro atoms. The zero-order valence-electron chi connectivity index (χ0n) is 19.7. The Kier molecular flexibility index (Phi) is 6.09. The number of fused-ring (bicyclic) bond motifs is 2. The standard InChI is InChI=1S/C29H28N2O3/c1-20(21-11-12-23-18-25(33-3)14-13-22(23)17-21)29-30-27-9-4-5-10-28(27)31(29)15-16-34-26-8-6-7-24(19-26)32-2/h4-14,17-20H,15-16H2,1-3H3. The number of benzene rings is 4. The molecule has 0 amide bonds. The molecule has 0 radical (unpaired) electrons. The molecule has 0 saturated heterocycles. The van der Waals surface area contributed by atoms with Crippen molar-refractivity contribution in [3.63, 3.8) is 0 Å². The number of imidazole rings is 1.